The van der Waals surface area contributed by atoms with Gasteiger partial charge in [-0.15, -0.1) is 0 Å². The number of morpholine rings is 1. The van der Waals surface area contributed by atoms with Gasteiger partial charge in [-0.1, -0.05) is 17.9 Å². The zero-order valence-corrected chi connectivity index (χ0v) is 20.1. The van der Waals surface area contributed by atoms with Gasteiger partial charge in [0.2, 0.25) is 0 Å². The molecular weight excluding hydrogens is 469 g/mol. The SMILES string of the molecule is CN1CCN(C2CC(F)(F)c3cc(NC(=O)c4ccc(F)c(C#CC5COCCN5)c4)ccc32)CC1. The third-order valence-electron chi connectivity index (χ3n) is 7.02. The molecule has 2 aromatic rings. The molecule has 9 heteroatoms. The number of rotatable bonds is 3. The van der Waals surface area contributed by atoms with E-state index in [4.69, 9.17) is 4.74 Å². The van der Waals surface area contributed by atoms with Crippen molar-refractivity contribution in [1.82, 2.24) is 15.1 Å². The number of nitrogens with one attached hydrogen (secondary N) is 2. The highest BCUT2D eigenvalue weighted by Crippen LogP contribution is 2.50. The maximum Gasteiger partial charge on any atom is 0.275 e. The van der Waals surface area contributed by atoms with Gasteiger partial charge in [0.1, 0.15) is 5.82 Å². The average molecular weight is 499 g/mol. The minimum absolute atomic E-state index is 0.0444. The maximum absolute atomic E-state index is 15.0. The molecule has 1 aliphatic carbocycles. The Hall–Kier alpha value is -2.90. The van der Waals surface area contributed by atoms with E-state index in [-0.39, 0.29) is 40.9 Å². The number of amides is 1. The predicted octanol–water partition coefficient (Wildman–Crippen LogP) is 3.20. The van der Waals surface area contributed by atoms with Gasteiger partial charge >= 0.3 is 0 Å². The van der Waals surface area contributed by atoms with E-state index in [0.29, 0.717) is 25.3 Å². The van der Waals surface area contributed by atoms with Crippen molar-refractivity contribution in [2.75, 3.05) is 58.3 Å². The molecule has 190 valence electrons. The Bertz CT molecular complexity index is 1200. The van der Waals surface area contributed by atoms with Crippen LogP contribution in [0.25, 0.3) is 0 Å². The van der Waals surface area contributed by atoms with Crippen molar-refractivity contribution < 1.29 is 22.7 Å². The summed E-state index contributed by atoms with van der Waals surface area (Å²) in [7, 11) is 2.03. The molecule has 0 bridgehead atoms. The summed E-state index contributed by atoms with van der Waals surface area (Å²) in [6.07, 6.45) is -0.260. The zero-order valence-electron chi connectivity index (χ0n) is 20.1. The molecular formula is C27H29F3N4O2. The molecule has 2 saturated heterocycles. The van der Waals surface area contributed by atoms with Crippen LogP contribution in [-0.4, -0.2) is 74.7 Å². The number of ether oxygens (including phenoxy) is 1. The molecule has 5 rings (SSSR count). The molecule has 2 heterocycles. The highest BCUT2D eigenvalue weighted by Gasteiger charge is 2.47. The van der Waals surface area contributed by atoms with Gasteiger partial charge in [-0.25, -0.2) is 13.2 Å². The Morgan fingerprint density at radius 2 is 1.97 bits per heavy atom. The maximum atomic E-state index is 15.0. The second kappa shape index (κ2) is 10.2. The first-order valence-corrected chi connectivity index (χ1v) is 12.2. The van der Waals surface area contributed by atoms with Gasteiger partial charge in [-0.2, -0.15) is 0 Å². The summed E-state index contributed by atoms with van der Waals surface area (Å²) in [5.74, 6) is 1.66. The molecule has 2 aliphatic heterocycles. The summed E-state index contributed by atoms with van der Waals surface area (Å²) in [6, 6.07) is 8.06. The van der Waals surface area contributed by atoms with Gasteiger partial charge in [0.25, 0.3) is 11.8 Å². The highest BCUT2D eigenvalue weighted by atomic mass is 19.3. The topological polar surface area (TPSA) is 56.8 Å². The molecule has 2 N–H and O–H groups in total. The van der Waals surface area contributed by atoms with Crippen LogP contribution in [0.1, 0.15) is 39.5 Å². The van der Waals surface area contributed by atoms with Gasteiger partial charge in [0.05, 0.1) is 24.8 Å². The number of anilines is 1. The highest BCUT2D eigenvalue weighted by molar-refractivity contribution is 6.04. The number of fused-ring (bicyclic) bond motifs is 1. The van der Waals surface area contributed by atoms with Gasteiger partial charge in [-0.05, 0) is 42.9 Å². The number of hydrogen-bond acceptors (Lipinski definition) is 5. The number of benzene rings is 2. The standard InChI is InChI=1S/C27H29F3N4O2/c1-33-9-11-34(12-10-33)25-16-27(29,30)23-15-20(5-6-22(23)25)32-26(35)19-3-7-24(28)18(14-19)2-4-21-17-36-13-8-31-21/h3,5-7,14-15,21,25,31H,8-13,16-17H2,1H3,(H,32,35). The van der Waals surface area contributed by atoms with Crippen LogP contribution in [0.4, 0.5) is 18.9 Å². The van der Waals surface area contributed by atoms with Crippen molar-refractivity contribution in [2.24, 2.45) is 0 Å². The predicted molar refractivity (Wildman–Crippen MR) is 131 cm³/mol. The van der Waals surface area contributed by atoms with E-state index in [1.165, 1.54) is 24.3 Å². The van der Waals surface area contributed by atoms with E-state index in [0.717, 1.165) is 26.2 Å². The van der Waals surface area contributed by atoms with Crippen LogP contribution < -0.4 is 10.6 Å². The minimum atomic E-state index is -2.97. The molecule has 36 heavy (non-hydrogen) atoms. The van der Waals surface area contributed by atoms with E-state index in [1.54, 1.807) is 12.1 Å². The van der Waals surface area contributed by atoms with Crippen LogP contribution in [0.3, 0.4) is 0 Å². The summed E-state index contributed by atoms with van der Waals surface area (Å²) in [5.41, 5.74) is 1.12. The number of likely N-dealkylation sites (N-methyl/N-ethyl adjacent to an activating group) is 1. The van der Waals surface area contributed by atoms with Crippen LogP contribution in [0.5, 0.6) is 0 Å². The van der Waals surface area contributed by atoms with Crippen molar-refractivity contribution in [3.63, 3.8) is 0 Å². The second-order valence-corrected chi connectivity index (χ2v) is 9.57. The van der Waals surface area contributed by atoms with Crippen LogP contribution in [0.2, 0.25) is 0 Å². The molecule has 2 unspecified atom stereocenters. The van der Waals surface area contributed by atoms with Crippen LogP contribution in [0, 0.1) is 17.7 Å². The number of halogens is 3. The lowest BCUT2D eigenvalue weighted by molar-refractivity contribution is -0.0257. The molecule has 0 aromatic heterocycles. The molecule has 0 saturated carbocycles. The number of carbonyl (C=O) groups excluding carboxylic acids is 1. The van der Waals surface area contributed by atoms with Gasteiger partial charge in [-0.3, -0.25) is 15.0 Å². The fourth-order valence-electron chi connectivity index (χ4n) is 4.95. The normalized spacial score (nSPS) is 24.0. The van der Waals surface area contributed by atoms with Gasteiger partial charge in [0, 0.05) is 62.0 Å². The van der Waals surface area contributed by atoms with E-state index in [9.17, 15) is 18.0 Å². The third kappa shape index (κ3) is 5.27. The molecule has 2 fully saturated rings. The van der Waals surface area contributed by atoms with Crippen molar-refractivity contribution in [3.8, 4) is 11.8 Å². The lowest BCUT2D eigenvalue weighted by Crippen LogP contribution is -2.45. The van der Waals surface area contributed by atoms with Gasteiger partial charge in [0.15, 0.2) is 0 Å². The Kier molecular flexibility index (Phi) is 7.04. The molecule has 6 nitrogen and oxygen atoms in total. The monoisotopic (exact) mass is 498 g/mol. The fraction of sp³-hybridized carbons (Fsp3) is 0.444. The largest absolute Gasteiger partial charge is 0.377 e. The van der Waals surface area contributed by atoms with Crippen LogP contribution in [0.15, 0.2) is 36.4 Å². The van der Waals surface area contributed by atoms with Crippen molar-refractivity contribution >= 4 is 11.6 Å². The number of alkyl halides is 2. The number of piperazine rings is 1. The lowest BCUT2D eigenvalue weighted by Gasteiger charge is -2.36. The first kappa shape index (κ1) is 24.8. The second-order valence-electron chi connectivity index (χ2n) is 9.57. The third-order valence-corrected chi connectivity index (χ3v) is 7.02. The lowest BCUT2D eigenvalue weighted by atomic mass is 10.0. The Morgan fingerprint density at radius 1 is 1.17 bits per heavy atom. The number of carbonyl (C=O) groups is 1. The molecule has 2 atom stereocenters. The Labute approximate surface area is 208 Å². The summed E-state index contributed by atoms with van der Waals surface area (Å²) >= 11 is 0. The summed E-state index contributed by atoms with van der Waals surface area (Å²) in [4.78, 5) is 17.2. The summed E-state index contributed by atoms with van der Waals surface area (Å²) in [6.45, 7) is 4.87. The van der Waals surface area contributed by atoms with E-state index in [1.807, 2.05) is 7.05 Å². The average Bonchev–Trinajstić information content (AvgIpc) is 3.14. The quantitative estimate of drug-likeness (QED) is 0.637. The van der Waals surface area contributed by atoms with Crippen LogP contribution >= 0.6 is 0 Å². The Morgan fingerprint density at radius 3 is 2.72 bits per heavy atom. The minimum Gasteiger partial charge on any atom is -0.377 e. The summed E-state index contributed by atoms with van der Waals surface area (Å²) < 4.78 is 49.6. The van der Waals surface area contributed by atoms with Crippen molar-refractivity contribution in [1.29, 1.82) is 0 Å². The zero-order chi connectivity index (χ0) is 25.3. The Balaban J connectivity index is 1.32. The first-order valence-electron chi connectivity index (χ1n) is 12.2. The molecule has 3 aliphatic rings. The molecule has 2 aromatic carbocycles. The van der Waals surface area contributed by atoms with Crippen LogP contribution in [-0.2, 0) is 10.7 Å². The van der Waals surface area contributed by atoms with Gasteiger partial charge < -0.3 is 15.0 Å². The first-order chi connectivity index (χ1) is 17.3. The fourth-order valence-corrected chi connectivity index (χ4v) is 4.95. The number of nitrogens with zero attached hydrogens (tertiary/aromatic N) is 2. The molecule has 0 spiro atoms. The molecule has 0 radical (unpaired) electrons. The van der Waals surface area contributed by atoms with E-state index in [2.05, 4.69) is 32.3 Å². The van der Waals surface area contributed by atoms with Crippen molar-refractivity contribution in [2.45, 2.75) is 24.4 Å². The van der Waals surface area contributed by atoms with E-state index < -0.39 is 17.6 Å². The summed E-state index contributed by atoms with van der Waals surface area (Å²) in [5, 5.41) is 5.85. The number of hydrogen-bond donors (Lipinski definition) is 2. The van der Waals surface area contributed by atoms with E-state index >= 15 is 0 Å². The van der Waals surface area contributed by atoms with Crippen molar-refractivity contribution in [3.05, 3.63) is 64.5 Å². The molecule has 1 amide bonds. The smallest absolute Gasteiger partial charge is 0.275 e.